The summed E-state index contributed by atoms with van der Waals surface area (Å²) in [5.41, 5.74) is 3.38. The number of benzene rings is 2. The van der Waals surface area contributed by atoms with Crippen molar-refractivity contribution in [2.75, 3.05) is 0 Å². The van der Waals surface area contributed by atoms with Crippen LogP contribution in [0.4, 0.5) is 0 Å². The van der Waals surface area contributed by atoms with Crippen LogP contribution in [0.3, 0.4) is 0 Å². The molecule has 26 heavy (non-hydrogen) atoms. The Bertz CT molecular complexity index is 1140. The molecule has 5 heteroatoms. The maximum atomic E-state index is 12.5. The van der Waals surface area contributed by atoms with Gasteiger partial charge in [-0.15, -0.1) is 0 Å². The molecule has 1 N–H and O–H groups in total. The van der Waals surface area contributed by atoms with E-state index >= 15 is 0 Å². The lowest BCUT2D eigenvalue weighted by Gasteiger charge is -2.07. The number of nitrogens with zero attached hydrogens (tertiary/aromatic N) is 3. The van der Waals surface area contributed by atoms with Gasteiger partial charge in [-0.25, -0.2) is 0 Å². The number of carbonyl (C=O) groups is 1. The summed E-state index contributed by atoms with van der Waals surface area (Å²) in [5, 5.41) is 14.2. The van der Waals surface area contributed by atoms with E-state index in [9.17, 15) is 10.1 Å². The van der Waals surface area contributed by atoms with Crippen LogP contribution in [0, 0.1) is 11.3 Å². The smallest absolute Gasteiger partial charge is 0.251 e. The third kappa shape index (κ3) is 2.78. The van der Waals surface area contributed by atoms with Gasteiger partial charge in [0.2, 0.25) is 0 Å². The van der Waals surface area contributed by atoms with Crippen LogP contribution in [-0.4, -0.2) is 15.5 Å². The Morgan fingerprint density at radius 1 is 1.08 bits per heavy atom. The Balaban J connectivity index is 1.70. The highest BCUT2D eigenvalue weighted by molar-refractivity contribution is 6.10. The third-order valence-corrected chi connectivity index (χ3v) is 4.46. The van der Waals surface area contributed by atoms with Crippen LogP contribution in [0.15, 0.2) is 67.0 Å². The van der Waals surface area contributed by atoms with E-state index in [1.54, 1.807) is 12.4 Å². The average molecular weight is 340 g/mol. The van der Waals surface area contributed by atoms with Gasteiger partial charge in [0.15, 0.2) is 0 Å². The lowest BCUT2D eigenvalue weighted by atomic mass is 10.1. The van der Waals surface area contributed by atoms with Gasteiger partial charge in [0.25, 0.3) is 5.91 Å². The molecular formula is C21H16N4O. The lowest BCUT2D eigenvalue weighted by Crippen LogP contribution is -2.22. The van der Waals surface area contributed by atoms with Gasteiger partial charge >= 0.3 is 0 Å². The Labute approximate surface area is 150 Å². The van der Waals surface area contributed by atoms with Crippen molar-refractivity contribution >= 4 is 27.7 Å². The van der Waals surface area contributed by atoms with Crippen molar-refractivity contribution < 1.29 is 4.79 Å². The molecule has 2 heterocycles. The van der Waals surface area contributed by atoms with Crippen LogP contribution >= 0.6 is 0 Å². The second-order valence-corrected chi connectivity index (χ2v) is 6.04. The number of nitriles is 1. The number of fused-ring (bicyclic) bond motifs is 3. The molecule has 0 aliphatic carbocycles. The molecule has 0 fully saturated rings. The predicted molar refractivity (Wildman–Crippen MR) is 100 cm³/mol. The van der Waals surface area contributed by atoms with E-state index in [0.29, 0.717) is 12.1 Å². The van der Waals surface area contributed by atoms with Crippen molar-refractivity contribution in [1.29, 1.82) is 5.26 Å². The number of rotatable bonds is 4. The number of pyridine rings is 1. The highest BCUT2D eigenvalue weighted by Crippen LogP contribution is 2.29. The Morgan fingerprint density at radius 2 is 1.88 bits per heavy atom. The minimum atomic E-state index is -0.136. The molecule has 0 unspecified atom stereocenters. The number of nitrogens with one attached hydrogen (secondary N) is 1. The summed E-state index contributed by atoms with van der Waals surface area (Å²) in [6, 6.07) is 19.5. The first-order chi connectivity index (χ1) is 12.8. The zero-order chi connectivity index (χ0) is 17.9. The fourth-order valence-corrected chi connectivity index (χ4v) is 3.20. The zero-order valence-electron chi connectivity index (χ0n) is 14.0. The van der Waals surface area contributed by atoms with Crippen LogP contribution in [0.1, 0.15) is 15.9 Å². The number of carbonyl (C=O) groups excluding carboxylic acids is 1. The van der Waals surface area contributed by atoms with Crippen molar-refractivity contribution in [3.8, 4) is 6.07 Å². The molecule has 0 saturated heterocycles. The minimum Gasteiger partial charge on any atom is -0.348 e. The monoisotopic (exact) mass is 340 g/mol. The Kier molecular flexibility index (Phi) is 4.08. The molecule has 0 aliphatic rings. The molecular weight excluding hydrogens is 324 g/mol. The summed E-state index contributed by atoms with van der Waals surface area (Å²) >= 11 is 0. The SMILES string of the molecule is N#CCn1c2cnccc2c2ccc(C(=O)NCc3ccccc3)cc21. The standard InChI is InChI=1S/C21H16N4O/c22-9-11-25-19-12-16(21(26)24-13-15-4-2-1-3-5-15)6-7-17(19)18-8-10-23-14-20(18)25/h1-8,10,12,14H,11,13H2,(H,24,26). The van der Waals surface area contributed by atoms with Crippen LogP contribution < -0.4 is 5.32 Å². The largest absolute Gasteiger partial charge is 0.348 e. The fourth-order valence-electron chi connectivity index (χ4n) is 3.20. The van der Waals surface area contributed by atoms with Gasteiger partial charge in [-0.1, -0.05) is 36.4 Å². The second-order valence-electron chi connectivity index (χ2n) is 6.04. The molecule has 0 aliphatic heterocycles. The summed E-state index contributed by atoms with van der Waals surface area (Å²) < 4.78 is 1.89. The molecule has 0 radical (unpaired) electrons. The van der Waals surface area contributed by atoms with Crippen molar-refractivity contribution in [2.24, 2.45) is 0 Å². The molecule has 2 aromatic carbocycles. The van der Waals surface area contributed by atoms with Gasteiger partial charge < -0.3 is 9.88 Å². The normalized spacial score (nSPS) is 10.7. The van der Waals surface area contributed by atoms with Crippen LogP contribution in [0.5, 0.6) is 0 Å². The fraction of sp³-hybridized carbons (Fsp3) is 0.0952. The van der Waals surface area contributed by atoms with Crippen LogP contribution in [0.25, 0.3) is 21.8 Å². The van der Waals surface area contributed by atoms with Gasteiger partial charge in [-0.3, -0.25) is 9.78 Å². The molecule has 0 saturated carbocycles. The molecule has 4 aromatic rings. The van der Waals surface area contributed by atoms with Gasteiger partial charge in [-0.2, -0.15) is 5.26 Å². The maximum Gasteiger partial charge on any atom is 0.251 e. The van der Waals surface area contributed by atoms with E-state index in [1.807, 2.05) is 59.2 Å². The van der Waals surface area contributed by atoms with Crippen LogP contribution in [-0.2, 0) is 13.1 Å². The van der Waals surface area contributed by atoms with Crippen molar-refractivity contribution in [1.82, 2.24) is 14.9 Å². The van der Waals surface area contributed by atoms with Gasteiger partial charge in [0, 0.05) is 29.1 Å². The maximum absolute atomic E-state index is 12.5. The summed E-state index contributed by atoms with van der Waals surface area (Å²) in [7, 11) is 0. The molecule has 5 nitrogen and oxygen atoms in total. The number of aromatic nitrogens is 2. The summed E-state index contributed by atoms with van der Waals surface area (Å²) in [6.45, 7) is 0.684. The molecule has 4 rings (SSSR count). The molecule has 126 valence electrons. The van der Waals surface area contributed by atoms with Crippen molar-refractivity contribution in [3.05, 3.63) is 78.1 Å². The first-order valence-electron chi connectivity index (χ1n) is 8.33. The highest BCUT2D eigenvalue weighted by Gasteiger charge is 2.13. The number of hydrogen-bond donors (Lipinski definition) is 1. The van der Waals surface area contributed by atoms with E-state index in [4.69, 9.17) is 0 Å². The summed E-state index contributed by atoms with van der Waals surface area (Å²) in [6.07, 6.45) is 3.49. The molecule has 0 spiro atoms. The zero-order valence-corrected chi connectivity index (χ0v) is 14.0. The topological polar surface area (TPSA) is 70.7 Å². The summed E-state index contributed by atoms with van der Waals surface area (Å²) in [4.78, 5) is 16.7. The second kappa shape index (κ2) is 6.69. The predicted octanol–water partition coefficient (Wildman–Crippen LogP) is 3.64. The first kappa shape index (κ1) is 15.9. The molecule has 2 aromatic heterocycles. The molecule has 0 bridgehead atoms. The highest BCUT2D eigenvalue weighted by atomic mass is 16.1. The number of hydrogen-bond acceptors (Lipinski definition) is 3. The molecule has 1 amide bonds. The quantitative estimate of drug-likeness (QED) is 0.616. The number of amides is 1. The van der Waals surface area contributed by atoms with Crippen molar-refractivity contribution in [2.45, 2.75) is 13.1 Å². The Morgan fingerprint density at radius 3 is 2.69 bits per heavy atom. The van der Waals surface area contributed by atoms with Crippen LogP contribution in [0.2, 0.25) is 0 Å². The van der Waals surface area contributed by atoms with E-state index in [-0.39, 0.29) is 12.5 Å². The average Bonchev–Trinajstić information content (AvgIpc) is 3.01. The Hall–Kier alpha value is -3.65. The van der Waals surface area contributed by atoms with Gasteiger partial charge in [0.1, 0.15) is 6.54 Å². The van der Waals surface area contributed by atoms with Crippen molar-refractivity contribution in [3.63, 3.8) is 0 Å². The molecule has 0 atom stereocenters. The van der Waals surface area contributed by atoms with Gasteiger partial charge in [0.05, 0.1) is 23.3 Å². The van der Waals surface area contributed by atoms with E-state index < -0.39 is 0 Å². The van der Waals surface area contributed by atoms with E-state index in [2.05, 4.69) is 16.4 Å². The third-order valence-electron chi connectivity index (χ3n) is 4.46. The summed E-state index contributed by atoms with van der Waals surface area (Å²) in [5.74, 6) is -0.136. The minimum absolute atomic E-state index is 0.136. The van der Waals surface area contributed by atoms with E-state index in [1.165, 1.54) is 0 Å². The van der Waals surface area contributed by atoms with Gasteiger partial charge in [-0.05, 0) is 23.8 Å². The first-order valence-corrected chi connectivity index (χ1v) is 8.33. The lowest BCUT2D eigenvalue weighted by molar-refractivity contribution is 0.0951. The van der Waals surface area contributed by atoms with E-state index in [0.717, 1.165) is 27.4 Å².